The van der Waals surface area contributed by atoms with Crippen molar-refractivity contribution < 1.29 is 14.3 Å². The molecule has 15 heavy (non-hydrogen) atoms. The Labute approximate surface area is 91.1 Å². The average Bonchev–Trinajstić information content (AvgIpc) is 2.76. The van der Waals surface area contributed by atoms with Crippen LogP contribution in [0.4, 0.5) is 0 Å². The lowest BCUT2D eigenvalue weighted by Crippen LogP contribution is -2.38. The number of hydrogen-bond acceptors (Lipinski definition) is 4. The Hall–Kier alpha value is -0.610. The summed E-state index contributed by atoms with van der Waals surface area (Å²) in [4.78, 5) is 11.5. The molecule has 0 radical (unpaired) electrons. The molecular weight excluding hydrogens is 194 g/mol. The zero-order chi connectivity index (χ0) is 11.3. The van der Waals surface area contributed by atoms with Crippen LogP contribution in [0.3, 0.4) is 0 Å². The largest absolute Gasteiger partial charge is 0.464 e. The number of nitrogens with two attached hydrogens (primary N) is 1. The molecule has 88 valence electrons. The van der Waals surface area contributed by atoms with E-state index in [2.05, 4.69) is 0 Å². The molecule has 0 aliphatic carbocycles. The first-order chi connectivity index (χ1) is 7.15. The van der Waals surface area contributed by atoms with Gasteiger partial charge in [-0.3, -0.25) is 4.79 Å². The van der Waals surface area contributed by atoms with Gasteiger partial charge in [-0.1, -0.05) is 20.3 Å². The predicted octanol–water partition coefficient (Wildman–Crippen LogP) is 0.940. The second-order valence-electron chi connectivity index (χ2n) is 4.27. The van der Waals surface area contributed by atoms with E-state index in [1.807, 2.05) is 13.8 Å². The fourth-order valence-corrected chi connectivity index (χ4v) is 1.50. The van der Waals surface area contributed by atoms with Gasteiger partial charge in [-0.25, -0.2) is 0 Å². The van der Waals surface area contributed by atoms with Crippen LogP contribution in [-0.2, 0) is 14.3 Å². The van der Waals surface area contributed by atoms with Gasteiger partial charge in [0, 0.05) is 12.5 Å². The zero-order valence-corrected chi connectivity index (χ0v) is 9.57. The maximum atomic E-state index is 11.5. The molecule has 0 bridgehead atoms. The van der Waals surface area contributed by atoms with Crippen LogP contribution >= 0.6 is 0 Å². The molecule has 0 aromatic rings. The van der Waals surface area contributed by atoms with Gasteiger partial charge in [0.2, 0.25) is 0 Å². The third-order valence-corrected chi connectivity index (χ3v) is 3.01. The summed E-state index contributed by atoms with van der Waals surface area (Å²) in [7, 11) is 0. The highest BCUT2D eigenvalue weighted by Crippen LogP contribution is 2.13. The van der Waals surface area contributed by atoms with Crippen molar-refractivity contribution in [2.24, 2.45) is 17.6 Å². The molecule has 1 fully saturated rings. The van der Waals surface area contributed by atoms with E-state index < -0.39 is 6.04 Å². The van der Waals surface area contributed by atoms with Crippen molar-refractivity contribution in [2.45, 2.75) is 32.7 Å². The minimum Gasteiger partial charge on any atom is -0.464 e. The molecule has 2 unspecified atom stereocenters. The minimum absolute atomic E-state index is 0.178. The molecule has 0 saturated carbocycles. The topological polar surface area (TPSA) is 61.6 Å². The number of hydrogen-bond donors (Lipinski definition) is 1. The van der Waals surface area contributed by atoms with Crippen molar-refractivity contribution in [3.63, 3.8) is 0 Å². The highest BCUT2D eigenvalue weighted by molar-refractivity contribution is 5.75. The van der Waals surface area contributed by atoms with Gasteiger partial charge in [0.05, 0.1) is 13.2 Å². The van der Waals surface area contributed by atoms with Crippen molar-refractivity contribution in [3.05, 3.63) is 0 Å². The summed E-state index contributed by atoms with van der Waals surface area (Å²) in [5, 5.41) is 0. The van der Waals surface area contributed by atoms with Gasteiger partial charge < -0.3 is 15.2 Å². The Morgan fingerprint density at radius 1 is 1.67 bits per heavy atom. The number of rotatable bonds is 5. The van der Waals surface area contributed by atoms with E-state index in [1.165, 1.54) is 0 Å². The van der Waals surface area contributed by atoms with Crippen LogP contribution in [0.2, 0.25) is 0 Å². The Morgan fingerprint density at radius 2 is 2.40 bits per heavy atom. The van der Waals surface area contributed by atoms with Crippen LogP contribution in [0.25, 0.3) is 0 Å². The molecule has 0 aromatic heterocycles. The molecular formula is C11H21NO3. The van der Waals surface area contributed by atoms with Crippen molar-refractivity contribution >= 4 is 5.97 Å². The highest BCUT2D eigenvalue weighted by atomic mass is 16.5. The smallest absolute Gasteiger partial charge is 0.323 e. The monoisotopic (exact) mass is 215 g/mol. The first-order valence-electron chi connectivity index (χ1n) is 5.65. The first kappa shape index (κ1) is 12.5. The highest BCUT2D eigenvalue weighted by Gasteiger charge is 2.23. The van der Waals surface area contributed by atoms with Crippen molar-refractivity contribution in [1.29, 1.82) is 0 Å². The summed E-state index contributed by atoms with van der Waals surface area (Å²) in [6, 6.07) is -0.489. The van der Waals surface area contributed by atoms with Crippen LogP contribution in [0.1, 0.15) is 26.7 Å². The number of carbonyl (C=O) groups excluding carboxylic acids is 1. The van der Waals surface area contributed by atoms with Crippen LogP contribution in [0.15, 0.2) is 0 Å². The standard InChI is InChI=1S/C11H21NO3/c1-3-8(2)10(12)11(13)15-7-9-4-5-14-6-9/h8-10H,3-7,12H2,1-2H3/t8?,9?,10-/m0/s1. The van der Waals surface area contributed by atoms with E-state index in [9.17, 15) is 4.79 Å². The zero-order valence-electron chi connectivity index (χ0n) is 9.57. The molecule has 1 aliphatic rings. The van der Waals surface area contributed by atoms with Gasteiger partial charge in [0.25, 0.3) is 0 Å². The van der Waals surface area contributed by atoms with E-state index in [1.54, 1.807) is 0 Å². The maximum absolute atomic E-state index is 11.5. The normalized spacial score (nSPS) is 24.9. The molecule has 1 heterocycles. The van der Waals surface area contributed by atoms with Gasteiger partial charge in [-0.05, 0) is 12.3 Å². The summed E-state index contributed by atoms with van der Waals surface area (Å²) < 4.78 is 10.4. The second-order valence-corrected chi connectivity index (χ2v) is 4.27. The van der Waals surface area contributed by atoms with Crippen molar-refractivity contribution in [3.8, 4) is 0 Å². The van der Waals surface area contributed by atoms with E-state index in [0.29, 0.717) is 19.1 Å². The molecule has 0 spiro atoms. The summed E-state index contributed by atoms with van der Waals surface area (Å²) >= 11 is 0. The first-order valence-corrected chi connectivity index (χ1v) is 5.65. The lowest BCUT2D eigenvalue weighted by Gasteiger charge is -2.17. The molecule has 3 atom stereocenters. The summed E-state index contributed by atoms with van der Waals surface area (Å²) in [5.41, 5.74) is 5.75. The second kappa shape index (κ2) is 6.08. The molecule has 1 saturated heterocycles. The quantitative estimate of drug-likeness (QED) is 0.693. The van der Waals surface area contributed by atoms with Gasteiger partial charge in [0.15, 0.2) is 0 Å². The van der Waals surface area contributed by atoms with Gasteiger partial charge in [0.1, 0.15) is 6.04 Å². The molecule has 4 nitrogen and oxygen atoms in total. The molecule has 0 aromatic carbocycles. The van der Waals surface area contributed by atoms with E-state index >= 15 is 0 Å². The average molecular weight is 215 g/mol. The lowest BCUT2D eigenvalue weighted by molar-refractivity contribution is -0.147. The lowest BCUT2D eigenvalue weighted by atomic mass is 10.0. The third-order valence-electron chi connectivity index (χ3n) is 3.01. The SMILES string of the molecule is CCC(C)[C@H](N)C(=O)OCC1CCOC1. The maximum Gasteiger partial charge on any atom is 0.323 e. The predicted molar refractivity (Wildman–Crippen MR) is 57.3 cm³/mol. The summed E-state index contributed by atoms with van der Waals surface area (Å²) in [6.07, 6.45) is 1.87. The minimum atomic E-state index is -0.489. The van der Waals surface area contributed by atoms with E-state index in [4.69, 9.17) is 15.2 Å². The number of ether oxygens (including phenoxy) is 2. The molecule has 0 amide bonds. The Balaban J connectivity index is 2.22. The Kier molecular flexibility index (Phi) is 5.05. The van der Waals surface area contributed by atoms with Crippen LogP contribution in [0, 0.1) is 11.8 Å². The van der Waals surface area contributed by atoms with Crippen LogP contribution < -0.4 is 5.73 Å². The molecule has 1 aliphatic heterocycles. The van der Waals surface area contributed by atoms with Gasteiger partial charge in [-0.2, -0.15) is 0 Å². The Morgan fingerprint density at radius 3 is 2.93 bits per heavy atom. The van der Waals surface area contributed by atoms with Gasteiger partial charge >= 0.3 is 5.97 Å². The molecule has 2 N–H and O–H groups in total. The molecule has 1 rings (SSSR count). The van der Waals surface area contributed by atoms with E-state index in [-0.39, 0.29) is 11.9 Å². The summed E-state index contributed by atoms with van der Waals surface area (Å²) in [6.45, 7) is 5.90. The fraction of sp³-hybridized carbons (Fsp3) is 0.909. The number of carbonyl (C=O) groups is 1. The Bertz CT molecular complexity index is 202. The van der Waals surface area contributed by atoms with Crippen molar-refractivity contribution in [2.75, 3.05) is 19.8 Å². The van der Waals surface area contributed by atoms with Crippen LogP contribution in [0.5, 0.6) is 0 Å². The van der Waals surface area contributed by atoms with Crippen LogP contribution in [-0.4, -0.2) is 31.8 Å². The van der Waals surface area contributed by atoms with Crippen molar-refractivity contribution in [1.82, 2.24) is 0 Å². The molecule has 4 heteroatoms. The third kappa shape index (κ3) is 3.80. The number of esters is 1. The summed E-state index contributed by atoms with van der Waals surface area (Å²) in [5.74, 6) is 0.256. The van der Waals surface area contributed by atoms with E-state index in [0.717, 1.165) is 19.4 Å². The van der Waals surface area contributed by atoms with Gasteiger partial charge in [-0.15, -0.1) is 0 Å². The fourth-order valence-electron chi connectivity index (χ4n) is 1.50.